The fraction of sp³-hybridized carbons (Fsp3) is 0.667. The quantitative estimate of drug-likeness (QED) is 0.722. The molecule has 2 heterocycles. The van der Waals surface area contributed by atoms with Gasteiger partial charge in [-0.05, 0) is 20.3 Å². The summed E-state index contributed by atoms with van der Waals surface area (Å²) in [7, 11) is 0. The molecule has 13 heavy (non-hydrogen) atoms. The minimum absolute atomic E-state index is 0.650. The number of alkyl halides is 1. The van der Waals surface area contributed by atoms with E-state index >= 15 is 0 Å². The maximum absolute atomic E-state index is 4.55. The summed E-state index contributed by atoms with van der Waals surface area (Å²) < 4.78 is 0. The van der Waals surface area contributed by atoms with Gasteiger partial charge in [0.15, 0.2) is 5.13 Å². The number of anilines is 1. The summed E-state index contributed by atoms with van der Waals surface area (Å²) in [5.41, 5.74) is 1.18. The predicted octanol–water partition coefficient (Wildman–Crippen LogP) is 2.73. The van der Waals surface area contributed by atoms with Gasteiger partial charge in [0.25, 0.3) is 0 Å². The Hall–Kier alpha value is -0.0900. The summed E-state index contributed by atoms with van der Waals surface area (Å²) in [6, 6.07) is 0. The first-order valence-corrected chi connectivity index (χ1v) is 6.23. The number of nitrogens with zero attached hydrogens (tertiary/aromatic N) is 2. The molecule has 1 fully saturated rings. The monoisotopic (exact) mass is 260 g/mol. The molecule has 1 aliphatic rings. The largest absolute Gasteiger partial charge is 0.347 e. The van der Waals surface area contributed by atoms with E-state index in [4.69, 9.17) is 0 Å². The van der Waals surface area contributed by atoms with Crippen LogP contribution in [0.2, 0.25) is 0 Å². The molecule has 2 rings (SSSR count). The van der Waals surface area contributed by atoms with Gasteiger partial charge < -0.3 is 4.90 Å². The Bertz CT molecular complexity index is 291. The molecule has 0 radical (unpaired) electrons. The van der Waals surface area contributed by atoms with Gasteiger partial charge >= 0.3 is 0 Å². The molecule has 1 unspecified atom stereocenters. The fourth-order valence-electron chi connectivity index (χ4n) is 1.48. The minimum Gasteiger partial charge on any atom is -0.347 e. The highest BCUT2D eigenvalue weighted by molar-refractivity contribution is 9.09. The van der Waals surface area contributed by atoms with Crippen LogP contribution in [-0.2, 0) is 0 Å². The van der Waals surface area contributed by atoms with Gasteiger partial charge in [0.05, 0.1) is 5.69 Å². The molecule has 72 valence electrons. The molecular formula is C9H13BrN2S. The average molecular weight is 261 g/mol. The normalized spacial score (nSPS) is 22.7. The van der Waals surface area contributed by atoms with Crippen molar-refractivity contribution in [3.05, 3.63) is 10.6 Å². The smallest absolute Gasteiger partial charge is 0.185 e. The standard InChI is InChI=1S/C9H13BrN2S/c1-6-7(2)13-9(11-6)12-4-3-8(10)5-12/h8H,3-5H2,1-2H3. The van der Waals surface area contributed by atoms with Gasteiger partial charge in [-0.1, -0.05) is 15.9 Å². The van der Waals surface area contributed by atoms with Crippen molar-refractivity contribution in [2.75, 3.05) is 18.0 Å². The van der Waals surface area contributed by atoms with Crippen LogP contribution in [0.25, 0.3) is 0 Å². The van der Waals surface area contributed by atoms with Crippen LogP contribution < -0.4 is 4.90 Å². The van der Waals surface area contributed by atoms with E-state index < -0.39 is 0 Å². The van der Waals surface area contributed by atoms with E-state index in [1.807, 2.05) is 11.3 Å². The lowest BCUT2D eigenvalue weighted by Gasteiger charge is -2.12. The lowest BCUT2D eigenvalue weighted by Crippen LogP contribution is -2.19. The summed E-state index contributed by atoms with van der Waals surface area (Å²) >= 11 is 5.44. The summed E-state index contributed by atoms with van der Waals surface area (Å²) in [6.45, 7) is 6.46. The van der Waals surface area contributed by atoms with Crippen LogP contribution in [0.3, 0.4) is 0 Å². The maximum atomic E-state index is 4.55. The molecule has 1 aromatic rings. The second-order valence-electron chi connectivity index (χ2n) is 3.47. The summed E-state index contributed by atoms with van der Waals surface area (Å²) in [6.07, 6.45) is 1.23. The van der Waals surface area contributed by atoms with Crippen LogP contribution in [-0.4, -0.2) is 22.9 Å². The highest BCUT2D eigenvalue weighted by Gasteiger charge is 2.22. The maximum Gasteiger partial charge on any atom is 0.185 e. The second-order valence-corrected chi connectivity index (χ2v) is 5.95. The van der Waals surface area contributed by atoms with Crippen molar-refractivity contribution in [1.29, 1.82) is 0 Å². The van der Waals surface area contributed by atoms with Crippen LogP contribution in [0.1, 0.15) is 17.0 Å². The SMILES string of the molecule is Cc1nc(N2CCC(Br)C2)sc1C. The van der Waals surface area contributed by atoms with E-state index in [0.29, 0.717) is 4.83 Å². The number of halogens is 1. The number of aromatic nitrogens is 1. The number of rotatable bonds is 1. The van der Waals surface area contributed by atoms with Crippen LogP contribution in [0, 0.1) is 13.8 Å². The van der Waals surface area contributed by atoms with Gasteiger partial charge in [0.1, 0.15) is 0 Å². The summed E-state index contributed by atoms with van der Waals surface area (Å²) in [5.74, 6) is 0. The number of aryl methyl sites for hydroxylation is 2. The summed E-state index contributed by atoms with van der Waals surface area (Å²) in [4.78, 5) is 8.91. The Labute approximate surface area is 91.1 Å². The predicted molar refractivity (Wildman–Crippen MR) is 61.1 cm³/mol. The van der Waals surface area contributed by atoms with Crippen LogP contribution in [0.15, 0.2) is 0 Å². The van der Waals surface area contributed by atoms with Gasteiger partial charge in [-0.2, -0.15) is 0 Å². The molecule has 1 aromatic heterocycles. The topological polar surface area (TPSA) is 16.1 Å². The molecule has 0 N–H and O–H groups in total. The molecule has 1 aliphatic heterocycles. The highest BCUT2D eigenvalue weighted by Crippen LogP contribution is 2.29. The zero-order valence-corrected chi connectivity index (χ0v) is 10.3. The first-order valence-electron chi connectivity index (χ1n) is 4.50. The van der Waals surface area contributed by atoms with Crippen LogP contribution >= 0.6 is 27.3 Å². The van der Waals surface area contributed by atoms with Crippen molar-refractivity contribution in [3.8, 4) is 0 Å². The van der Waals surface area contributed by atoms with Crippen LogP contribution in [0.5, 0.6) is 0 Å². The van der Waals surface area contributed by atoms with E-state index in [1.165, 1.54) is 22.1 Å². The third kappa shape index (κ3) is 1.89. The van der Waals surface area contributed by atoms with Crippen molar-refractivity contribution in [1.82, 2.24) is 4.98 Å². The molecule has 0 bridgehead atoms. The Morgan fingerprint density at radius 1 is 1.54 bits per heavy atom. The van der Waals surface area contributed by atoms with Crippen molar-refractivity contribution < 1.29 is 0 Å². The lowest BCUT2D eigenvalue weighted by atomic mass is 10.4. The zero-order valence-electron chi connectivity index (χ0n) is 7.88. The molecule has 0 aromatic carbocycles. The number of thiazole rings is 1. The van der Waals surface area contributed by atoms with Crippen molar-refractivity contribution in [2.24, 2.45) is 0 Å². The Morgan fingerprint density at radius 2 is 2.31 bits per heavy atom. The van der Waals surface area contributed by atoms with Crippen molar-refractivity contribution in [2.45, 2.75) is 25.1 Å². The molecule has 1 saturated heterocycles. The zero-order chi connectivity index (χ0) is 9.42. The van der Waals surface area contributed by atoms with Gasteiger partial charge in [-0.3, -0.25) is 0 Å². The third-order valence-electron chi connectivity index (χ3n) is 2.42. The molecule has 0 amide bonds. The van der Waals surface area contributed by atoms with Crippen LogP contribution in [0.4, 0.5) is 5.13 Å². The Kier molecular flexibility index (Phi) is 2.60. The molecular weight excluding hydrogens is 248 g/mol. The molecule has 0 aliphatic carbocycles. The molecule has 2 nitrogen and oxygen atoms in total. The summed E-state index contributed by atoms with van der Waals surface area (Å²) in [5, 5.41) is 1.19. The fourth-order valence-corrected chi connectivity index (χ4v) is 2.98. The van der Waals surface area contributed by atoms with Gasteiger partial charge in [0.2, 0.25) is 0 Å². The van der Waals surface area contributed by atoms with Gasteiger partial charge in [-0.25, -0.2) is 4.98 Å². The third-order valence-corrected chi connectivity index (χ3v) is 4.30. The van der Waals surface area contributed by atoms with E-state index in [1.54, 1.807) is 0 Å². The molecule has 4 heteroatoms. The van der Waals surface area contributed by atoms with E-state index in [9.17, 15) is 0 Å². The first kappa shape index (κ1) is 9.46. The highest BCUT2D eigenvalue weighted by atomic mass is 79.9. The van der Waals surface area contributed by atoms with Gasteiger partial charge in [-0.15, -0.1) is 11.3 Å². The second kappa shape index (κ2) is 3.58. The first-order chi connectivity index (χ1) is 6.16. The Balaban J connectivity index is 2.17. The van der Waals surface area contributed by atoms with E-state index in [0.717, 1.165) is 13.1 Å². The minimum atomic E-state index is 0.650. The van der Waals surface area contributed by atoms with E-state index in [-0.39, 0.29) is 0 Å². The van der Waals surface area contributed by atoms with Crippen molar-refractivity contribution >= 4 is 32.4 Å². The van der Waals surface area contributed by atoms with Gasteiger partial charge in [0, 0.05) is 22.8 Å². The Morgan fingerprint density at radius 3 is 2.77 bits per heavy atom. The molecule has 0 spiro atoms. The number of hydrogen-bond acceptors (Lipinski definition) is 3. The number of hydrogen-bond donors (Lipinski definition) is 0. The molecule has 1 atom stereocenters. The van der Waals surface area contributed by atoms with Crippen molar-refractivity contribution in [3.63, 3.8) is 0 Å². The average Bonchev–Trinajstić information content (AvgIpc) is 2.61. The lowest BCUT2D eigenvalue weighted by molar-refractivity contribution is 0.952. The molecule has 0 saturated carbocycles. The van der Waals surface area contributed by atoms with E-state index in [2.05, 4.69) is 39.7 Å².